The first-order valence-corrected chi connectivity index (χ1v) is 5.13. The van der Waals surface area contributed by atoms with Crippen LogP contribution in [0.3, 0.4) is 0 Å². The molecule has 72 valence electrons. The smallest absolute Gasteiger partial charge is 0.0198 e. The summed E-state index contributed by atoms with van der Waals surface area (Å²) >= 11 is 0. The number of nitrogens with zero attached hydrogens (tertiary/aromatic N) is 2. The summed E-state index contributed by atoms with van der Waals surface area (Å²) in [6, 6.07) is 1.44. The van der Waals surface area contributed by atoms with Gasteiger partial charge >= 0.3 is 0 Å². The molecule has 0 aromatic heterocycles. The minimum absolute atomic E-state index is 0.707. The maximum Gasteiger partial charge on any atom is 0.0198 e. The van der Waals surface area contributed by atoms with Crippen molar-refractivity contribution in [2.75, 3.05) is 26.2 Å². The van der Waals surface area contributed by atoms with E-state index in [4.69, 9.17) is 0 Å². The Labute approximate surface area is 76.5 Å². The van der Waals surface area contributed by atoms with Crippen molar-refractivity contribution >= 4 is 0 Å². The Hall–Kier alpha value is -0.0800. The molecular weight excluding hydrogens is 148 g/mol. The van der Waals surface area contributed by atoms with Crippen LogP contribution in [-0.4, -0.2) is 48.1 Å². The van der Waals surface area contributed by atoms with Crippen molar-refractivity contribution in [2.45, 2.75) is 39.8 Å². The van der Waals surface area contributed by atoms with E-state index in [9.17, 15) is 0 Å². The molecule has 0 N–H and O–H groups in total. The highest BCUT2D eigenvalue weighted by molar-refractivity contribution is 4.80. The predicted octanol–water partition coefficient (Wildman–Crippen LogP) is 1.42. The van der Waals surface area contributed by atoms with Gasteiger partial charge in [0.15, 0.2) is 0 Å². The number of rotatable bonds is 2. The molecule has 2 heteroatoms. The Morgan fingerprint density at radius 2 is 2.00 bits per heavy atom. The van der Waals surface area contributed by atoms with E-state index >= 15 is 0 Å². The van der Waals surface area contributed by atoms with Crippen LogP contribution in [0.2, 0.25) is 0 Å². The molecule has 1 rings (SSSR count). The van der Waals surface area contributed by atoms with E-state index < -0.39 is 0 Å². The summed E-state index contributed by atoms with van der Waals surface area (Å²) in [5, 5.41) is 0. The maximum atomic E-state index is 2.59. The van der Waals surface area contributed by atoms with Gasteiger partial charge in [-0.2, -0.15) is 0 Å². The Morgan fingerprint density at radius 3 is 2.42 bits per heavy atom. The zero-order chi connectivity index (χ0) is 9.14. The fourth-order valence-electron chi connectivity index (χ4n) is 2.10. The fourth-order valence-corrected chi connectivity index (χ4v) is 2.10. The van der Waals surface area contributed by atoms with Gasteiger partial charge in [-0.3, -0.25) is 4.90 Å². The standard InChI is InChI=1S/C10H22N2/c1-5-11-6-7-12(9(2)3)10(4)8-11/h9-10H,5-8H2,1-4H3/t10-/m1/s1. The molecule has 1 saturated heterocycles. The molecule has 1 heterocycles. The number of hydrogen-bond acceptors (Lipinski definition) is 2. The summed E-state index contributed by atoms with van der Waals surface area (Å²) in [6.07, 6.45) is 0. The second kappa shape index (κ2) is 4.24. The minimum Gasteiger partial charge on any atom is -0.301 e. The van der Waals surface area contributed by atoms with E-state index in [0.717, 1.165) is 6.04 Å². The summed E-state index contributed by atoms with van der Waals surface area (Å²) in [7, 11) is 0. The second-order valence-electron chi connectivity index (χ2n) is 4.07. The molecule has 12 heavy (non-hydrogen) atoms. The Kier molecular flexibility index (Phi) is 3.53. The fraction of sp³-hybridized carbons (Fsp3) is 1.00. The average molecular weight is 170 g/mol. The molecular formula is C10H22N2. The van der Waals surface area contributed by atoms with Gasteiger partial charge < -0.3 is 4.90 Å². The van der Waals surface area contributed by atoms with Crippen LogP contribution in [0, 0.1) is 0 Å². The van der Waals surface area contributed by atoms with E-state index in [1.165, 1.54) is 26.2 Å². The molecule has 0 radical (unpaired) electrons. The summed E-state index contributed by atoms with van der Waals surface area (Å²) in [5.74, 6) is 0. The third-order valence-electron chi connectivity index (χ3n) is 2.87. The van der Waals surface area contributed by atoms with Crippen LogP contribution in [0.25, 0.3) is 0 Å². The second-order valence-corrected chi connectivity index (χ2v) is 4.07. The van der Waals surface area contributed by atoms with Gasteiger partial charge in [-0.1, -0.05) is 6.92 Å². The van der Waals surface area contributed by atoms with E-state index in [2.05, 4.69) is 37.5 Å². The first-order valence-electron chi connectivity index (χ1n) is 5.13. The summed E-state index contributed by atoms with van der Waals surface area (Å²) < 4.78 is 0. The topological polar surface area (TPSA) is 6.48 Å². The molecule has 1 atom stereocenters. The summed E-state index contributed by atoms with van der Waals surface area (Å²) in [4.78, 5) is 5.12. The normalized spacial score (nSPS) is 28.2. The average Bonchev–Trinajstić information content (AvgIpc) is 2.03. The first kappa shape index (κ1) is 10.0. The van der Waals surface area contributed by atoms with Crippen molar-refractivity contribution in [1.29, 1.82) is 0 Å². The van der Waals surface area contributed by atoms with E-state index in [-0.39, 0.29) is 0 Å². The lowest BCUT2D eigenvalue weighted by Gasteiger charge is -2.41. The highest BCUT2D eigenvalue weighted by Gasteiger charge is 2.23. The van der Waals surface area contributed by atoms with Crippen molar-refractivity contribution in [3.8, 4) is 0 Å². The van der Waals surface area contributed by atoms with Crippen molar-refractivity contribution in [1.82, 2.24) is 9.80 Å². The number of likely N-dealkylation sites (N-methyl/N-ethyl adjacent to an activating group) is 1. The molecule has 1 fully saturated rings. The van der Waals surface area contributed by atoms with Crippen LogP contribution >= 0.6 is 0 Å². The molecule has 0 saturated carbocycles. The number of hydrogen-bond donors (Lipinski definition) is 0. The van der Waals surface area contributed by atoms with E-state index in [0.29, 0.717) is 6.04 Å². The lowest BCUT2D eigenvalue weighted by molar-refractivity contribution is 0.0633. The van der Waals surface area contributed by atoms with Crippen molar-refractivity contribution in [3.05, 3.63) is 0 Å². The van der Waals surface area contributed by atoms with Gasteiger partial charge in [0.2, 0.25) is 0 Å². The Bertz CT molecular complexity index is 134. The van der Waals surface area contributed by atoms with Crippen molar-refractivity contribution in [3.63, 3.8) is 0 Å². The molecule has 1 aliphatic rings. The van der Waals surface area contributed by atoms with Crippen LogP contribution in [-0.2, 0) is 0 Å². The van der Waals surface area contributed by atoms with Gasteiger partial charge in [0, 0.05) is 31.7 Å². The molecule has 0 aliphatic carbocycles. The van der Waals surface area contributed by atoms with Gasteiger partial charge in [0.1, 0.15) is 0 Å². The molecule has 0 unspecified atom stereocenters. The maximum absolute atomic E-state index is 2.59. The quantitative estimate of drug-likeness (QED) is 0.618. The van der Waals surface area contributed by atoms with Gasteiger partial charge in [-0.25, -0.2) is 0 Å². The summed E-state index contributed by atoms with van der Waals surface area (Å²) in [5.41, 5.74) is 0. The van der Waals surface area contributed by atoms with Gasteiger partial charge in [0.25, 0.3) is 0 Å². The third-order valence-corrected chi connectivity index (χ3v) is 2.87. The Morgan fingerprint density at radius 1 is 1.33 bits per heavy atom. The van der Waals surface area contributed by atoms with Gasteiger partial charge in [-0.15, -0.1) is 0 Å². The van der Waals surface area contributed by atoms with Crippen LogP contribution in [0.15, 0.2) is 0 Å². The van der Waals surface area contributed by atoms with Crippen molar-refractivity contribution in [2.24, 2.45) is 0 Å². The predicted molar refractivity (Wildman–Crippen MR) is 53.4 cm³/mol. The molecule has 0 spiro atoms. The summed E-state index contributed by atoms with van der Waals surface area (Å²) in [6.45, 7) is 14.1. The highest BCUT2D eigenvalue weighted by Crippen LogP contribution is 2.11. The lowest BCUT2D eigenvalue weighted by atomic mass is 10.1. The van der Waals surface area contributed by atoms with Gasteiger partial charge in [0.05, 0.1) is 0 Å². The third kappa shape index (κ3) is 2.20. The SMILES string of the molecule is CCN1CCN(C(C)C)[C@H](C)C1. The monoisotopic (exact) mass is 170 g/mol. The van der Waals surface area contributed by atoms with Gasteiger partial charge in [-0.05, 0) is 27.3 Å². The van der Waals surface area contributed by atoms with Crippen LogP contribution in [0.4, 0.5) is 0 Å². The zero-order valence-corrected chi connectivity index (χ0v) is 8.88. The first-order chi connectivity index (χ1) is 5.65. The number of piperazine rings is 1. The zero-order valence-electron chi connectivity index (χ0n) is 8.88. The molecule has 1 aliphatic heterocycles. The Balaban J connectivity index is 2.42. The lowest BCUT2D eigenvalue weighted by Crippen LogP contribution is -2.53. The van der Waals surface area contributed by atoms with E-state index in [1.54, 1.807) is 0 Å². The van der Waals surface area contributed by atoms with Crippen LogP contribution in [0.5, 0.6) is 0 Å². The van der Waals surface area contributed by atoms with E-state index in [1.807, 2.05) is 0 Å². The molecule has 0 aromatic rings. The molecule has 0 aromatic carbocycles. The largest absolute Gasteiger partial charge is 0.301 e. The molecule has 0 amide bonds. The molecule has 0 bridgehead atoms. The minimum atomic E-state index is 0.707. The van der Waals surface area contributed by atoms with Crippen LogP contribution in [0.1, 0.15) is 27.7 Å². The van der Waals surface area contributed by atoms with Crippen molar-refractivity contribution < 1.29 is 0 Å². The molecule has 2 nitrogen and oxygen atoms in total. The highest BCUT2D eigenvalue weighted by atomic mass is 15.3. The van der Waals surface area contributed by atoms with Crippen LogP contribution < -0.4 is 0 Å².